The third kappa shape index (κ3) is 11.6. The molecule has 0 radical (unpaired) electrons. The molecule has 0 spiro atoms. The van der Waals surface area contributed by atoms with E-state index in [0.29, 0.717) is 0 Å². The highest BCUT2D eigenvalue weighted by Gasteiger charge is 1.91. The van der Waals surface area contributed by atoms with Gasteiger partial charge in [0.05, 0.1) is 0 Å². The summed E-state index contributed by atoms with van der Waals surface area (Å²) in [6, 6.07) is 0. The minimum absolute atomic E-state index is 0.729. The summed E-state index contributed by atoms with van der Waals surface area (Å²) < 4.78 is 5.45. The topological polar surface area (TPSA) is 26.3 Å². The molecule has 0 unspecified atom stereocenters. The summed E-state index contributed by atoms with van der Waals surface area (Å²) >= 11 is 0. The molecule has 2 heteroatoms. The van der Waals surface area contributed by atoms with E-state index in [2.05, 4.69) is 6.92 Å². The number of rotatable bonds is 11. The van der Waals surface area contributed by atoms with Crippen molar-refractivity contribution in [3.63, 3.8) is 0 Å². The maximum absolute atomic E-state index is 10.0. The molecule has 0 aromatic heterocycles. The van der Waals surface area contributed by atoms with Crippen molar-refractivity contribution in [3.8, 4) is 0 Å². The summed E-state index contributed by atoms with van der Waals surface area (Å²) in [5.74, 6) is 0. The van der Waals surface area contributed by atoms with Crippen molar-refractivity contribution in [2.45, 2.75) is 58.3 Å². The average Bonchev–Trinajstić information content (AvgIpc) is 2.21. The number of unbranched alkanes of at least 4 members (excludes halogenated alkanes) is 6. The molecular weight excluding hydrogens is 176 g/mol. The Balaban J connectivity index is 2.81. The third-order valence-electron chi connectivity index (χ3n) is 2.25. The number of aldehydes is 1. The van der Waals surface area contributed by atoms with Crippen molar-refractivity contribution in [1.82, 2.24) is 0 Å². The molecule has 0 aliphatic heterocycles. The Bertz CT molecular complexity index is 113. The fraction of sp³-hybridized carbons (Fsp3) is 0.917. The Labute approximate surface area is 88.0 Å². The van der Waals surface area contributed by atoms with Gasteiger partial charge in [0.25, 0.3) is 0 Å². The fourth-order valence-electron chi connectivity index (χ4n) is 1.31. The van der Waals surface area contributed by atoms with Crippen LogP contribution in [-0.4, -0.2) is 19.5 Å². The van der Waals surface area contributed by atoms with Gasteiger partial charge < -0.3 is 9.53 Å². The first kappa shape index (κ1) is 13.6. The summed E-state index contributed by atoms with van der Waals surface area (Å²) in [6.45, 7) is 4.01. The monoisotopic (exact) mass is 200 g/mol. The van der Waals surface area contributed by atoms with Crippen molar-refractivity contribution in [2.75, 3.05) is 13.2 Å². The molecule has 0 atom stereocenters. The average molecular weight is 200 g/mol. The SMILES string of the molecule is CCCCOCCCCCCCC=O. The molecule has 0 saturated carbocycles. The first-order valence-corrected chi connectivity index (χ1v) is 5.93. The molecule has 0 aromatic rings. The zero-order valence-corrected chi connectivity index (χ0v) is 9.46. The number of carbonyl (C=O) groups excluding carboxylic acids is 1. The molecule has 0 aliphatic carbocycles. The van der Waals surface area contributed by atoms with Crippen molar-refractivity contribution >= 4 is 6.29 Å². The second-order valence-corrected chi connectivity index (χ2v) is 3.69. The van der Waals surface area contributed by atoms with E-state index < -0.39 is 0 Å². The molecule has 2 nitrogen and oxygen atoms in total. The highest BCUT2D eigenvalue weighted by molar-refractivity contribution is 5.48. The number of hydrogen-bond donors (Lipinski definition) is 0. The van der Waals surface area contributed by atoms with Gasteiger partial charge in [0.1, 0.15) is 6.29 Å². The smallest absolute Gasteiger partial charge is 0.119 e. The summed E-state index contributed by atoms with van der Waals surface area (Å²) in [5, 5.41) is 0. The maximum Gasteiger partial charge on any atom is 0.119 e. The number of carbonyl (C=O) groups is 1. The van der Waals surface area contributed by atoms with Gasteiger partial charge in [-0.3, -0.25) is 0 Å². The highest BCUT2D eigenvalue weighted by Crippen LogP contribution is 2.04. The molecule has 0 rings (SSSR count). The minimum atomic E-state index is 0.729. The van der Waals surface area contributed by atoms with Crippen LogP contribution in [0.4, 0.5) is 0 Å². The second-order valence-electron chi connectivity index (χ2n) is 3.69. The predicted molar refractivity (Wildman–Crippen MR) is 59.5 cm³/mol. The van der Waals surface area contributed by atoms with Crippen LogP contribution in [0.3, 0.4) is 0 Å². The molecule has 0 aliphatic rings. The molecular formula is C12H24O2. The third-order valence-corrected chi connectivity index (χ3v) is 2.25. The van der Waals surface area contributed by atoms with E-state index in [1.54, 1.807) is 0 Å². The van der Waals surface area contributed by atoms with E-state index in [-0.39, 0.29) is 0 Å². The molecule has 0 N–H and O–H groups in total. The highest BCUT2D eigenvalue weighted by atomic mass is 16.5. The quantitative estimate of drug-likeness (QED) is 0.377. The van der Waals surface area contributed by atoms with Gasteiger partial charge in [-0.05, 0) is 19.3 Å². The normalized spacial score (nSPS) is 10.4. The van der Waals surface area contributed by atoms with Crippen LogP contribution in [0.25, 0.3) is 0 Å². The van der Waals surface area contributed by atoms with Crippen LogP contribution in [0, 0.1) is 0 Å². The van der Waals surface area contributed by atoms with E-state index >= 15 is 0 Å². The van der Waals surface area contributed by atoms with E-state index in [9.17, 15) is 4.79 Å². The van der Waals surface area contributed by atoms with Gasteiger partial charge in [0, 0.05) is 19.6 Å². The summed E-state index contributed by atoms with van der Waals surface area (Å²) in [7, 11) is 0. The molecule has 0 bridgehead atoms. The Morgan fingerprint density at radius 2 is 1.57 bits per heavy atom. The molecule has 0 aromatic carbocycles. The van der Waals surface area contributed by atoms with Crippen LogP contribution >= 0.6 is 0 Å². The van der Waals surface area contributed by atoms with Gasteiger partial charge >= 0.3 is 0 Å². The summed E-state index contributed by atoms with van der Waals surface area (Å²) in [6.07, 6.45) is 10.0. The van der Waals surface area contributed by atoms with E-state index in [4.69, 9.17) is 4.74 Å². The van der Waals surface area contributed by atoms with Crippen LogP contribution < -0.4 is 0 Å². The van der Waals surface area contributed by atoms with Crippen LogP contribution in [0.15, 0.2) is 0 Å². The van der Waals surface area contributed by atoms with E-state index in [1.807, 2.05) is 0 Å². The van der Waals surface area contributed by atoms with Crippen molar-refractivity contribution in [2.24, 2.45) is 0 Å². The van der Waals surface area contributed by atoms with Crippen LogP contribution in [0.2, 0.25) is 0 Å². The van der Waals surface area contributed by atoms with Crippen molar-refractivity contribution in [1.29, 1.82) is 0 Å². The van der Waals surface area contributed by atoms with Crippen molar-refractivity contribution in [3.05, 3.63) is 0 Å². The zero-order chi connectivity index (χ0) is 10.5. The Morgan fingerprint density at radius 3 is 2.29 bits per heavy atom. The lowest BCUT2D eigenvalue weighted by atomic mass is 10.1. The minimum Gasteiger partial charge on any atom is -0.381 e. The Hall–Kier alpha value is -0.370. The fourth-order valence-corrected chi connectivity index (χ4v) is 1.31. The lowest BCUT2D eigenvalue weighted by Crippen LogP contribution is -1.96. The lowest BCUT2D eigenvalue weighted by molar-refractivity contribution is -0.107. The largest absolute Gasteiger partial charge is 0.381 e. The van der Waals surface area contributed by atoms with Gasteiger partial charge in [-0.15, -0.1) is 0 Å². The Morgan fingerprint density at radius 1 is 0.929 bits per heavy atom. The summed E-state index contributed by atoms with van der Waals surface area (Å²) in [4.78, 5) is 10.0. The number of hydrogen-bond acceptors (Lipinski definition) is 2. The molecule has 14 heavy (non-hydrogen) atoms. The lowest BCUT2D eigenvalue weighted by Gasteiger charge is -2.02. The van der Waals surface area contributed by atoms with Crippen LogP contribution in [0.5, 0.6) is 0 Å². The molecule has 0 fully saturated rings. The second kappa shape index (κ2) is 12.6. The van der Waals surface area contributed by atoms with Gasteiger partial charge in [-0.25, -0.2) is 0 Å². The van der Waals surface area contributed by atoms with Gasteiger partial charge in [0.15, 0.2) is 0 Å². The molecule has 0 heterocycles. The standard InChI is InChI=1S/C12H24O2/c1-2-3-11-14-12-9-7-5-4-6-8-10-13/h10H,2-9,11-12H2,1H3. The van der Waals surface area contributed by atoms with Gasteiger partial charge in [-0.2, -0.15) is 0 Å². The van der Waals surface area contributed by atoms with E-state index in [1.165, 1.54) is 38.5 Å². The molecule has 0 amide bonds. The number of ether oxygens (including phenoxy) is 1. The van der Waals surface area contributed by atoms with E-state index in [0.717, 1.165) is 32.3 Å². The first-order valence-electron chi connectivity index (χ1n) is 5.93. The summed E-state index contributed by atoms with van der Waals surface area (Å²) in [5.41, 5.74) is 0. The zero-order valence-electron chi connectivity index (χ0n) is 9.46. The molecule has 84 valence electrons. The molecule has 0 saturated heterocycles. The van der Waals surface area contributed by atoms with Crippen LogP contribution in [0.1, 0.15) is 58.3 Å². The predicted octanol–water partition coefficient (Wildman–Crippen LogP) is 3.34. The van der Waals surface area contributed by atoms with Crippen LogP contribution in [-0.2, 0) is 9.53 Å². The van der Waals surface area contributed by atoms with Crippen molar-refractivity contribution < 1.29 is 9.53 Å². The van der Waals surface area contributed by atoms with Gasteiger partial charge in [-0.1, -0.05) is 32.6 Å². The van der Waals surface area contributed by atoms with Gasteiger partial charge in [0.2, 0.25) is 0 Å². The first-order chi connectivity index (χ1) is 6.91. The Kier molecular flexibility index (Phi) is 12.3. The maximum atomic E-state index is 10.0.